The zero-order valence-corrected chi connectivity index (χ0v) is 17.1. The normalized spacial score (nSPS) is 11.2. The van der Waals surface area contributed by atoms with Crippen LogP contribution in [0, 0.1) is 13.8 Å². The lowest BCUT2D eigenvalue weighted by atomic mass is 10.0. The average Bonchev–Trinajstić information content (AvgIpc) is 2.74. The summed E-state index contributed by atoms with van der Waals surface area (Å²) >= 11 is 0. The van der Waals surface area contributed by atoms with E-state index in [0.29, 0.717) is 12.2 Å². The van der Waals surface area contributed by atoms with Gasteiger partial charge in [-0.05, 0) is 48.6 Å². The summed E-state index contributed by atoms with van der Waals surface area (Å²) in [7, 11) is 0. The summed E-state index contributed by atoms with van der Waals surface area (Å²) in [4.78, 5) is 12.1. The zero-order valence-electron chi connectivity index (χ0n) is 17.1. The molecule has 0 saturated carbocycles. The van der Waals surface area contributed by atoms with Gasteiger partial charge >= 0.3 is 0 Å². The summed E-state index contributed by atoms with van der Waals surface area (Å²) < 4.78 is 5.61. The predicted molar refractivity (Wildman–Crippen MR) is 118 cm³/mol. The Labute approximate surface area is 172 Å². The van der Waals surface area contributed by atoms with Gasteiger partial charge in [-0.1, -0.05) is 79.2 Å². The smallest absolute Gasteiger partial charge is 0.277 e. The number of hydrogen-bond acceptors (Lipinski definition) is 3. The Morgan fingerprint density at radius 3 is 2.28 bits per heavy atom. The van der Waals surface area contributed by atoms with Crippen LogP contribution >= 0.6 is 0 Å². The van der Waals surface area contributed by atoms with Crippen molar-refractivity contribution in [2.24, 2.45) is 5.10 Å². The number of carbonyl (C=O) groups excluding carboxylic acids is 1. The van der Waals surface area contributed by atoms with E-state index in [1.807, 2.05) is 69.3 Å². The first kappa shape index (κ1) is 20.3. The number of benzene rings is 3. The second kappa shape index (κ2) is 9.69. The maximum Gasteiger partial charge on any atom is 0.277 e. The highest BCUT2D eigenvalue weighted by Crippen LogP contribution is 2.20. The molecule has 3 aromatic rings. The van der Waals surface area contributed by atoms with Gasteiger partial charge in [-0.15, -0.1) is 0 Å². The van der Waals surface area contributed by atoms with Gasteiger partial charge < -0.3 is 4.74 Å². The molecule has 148 valence electrons. The van der Waals surface area contributed by atoms with Gasteiger partial charge in [0.15, 0.2) is 6.61 Å². The third-order valence-corrected chi connectivity index (χ3v) is 4.66. The molecule has 0 saturated heterocycles. The number of amides is 1. The van der Waals surface area contributed by atoms with Crippen molar-refractivity contribution in [1.82, 2.24) is 5.43 Å². The van der Waals surface area contributed by atoms with Crippen molar-refractivity contribution in [3.63, 3.8) is 0 Å². The van der Waals surface area contributed by atoms with Gasteiger partial charge in [0.05, 0.1) is 5.71 Å². The molecule has 0 radical (unpaired) electrons. The minimum Gasteiger partial charge on any atom is -0.483 e. The molecule has 1 N–H and O–H groups in total. The van der Waals surface area contributed by atoms with E-state index >= 15 is 0 Å². The molecule has 0 unspecified atom stereocenters. The molecule has 0 aliphatic carbocycles. The number of ether oxygens (including phenoxy) is 1. The first-order chi connectivity index (χ1) is 14.1. The Hall–Kier alpha value is -3.40. The molecule has 29 heavy (non-hydrogen) atoms. The molecule has 0 atom stereocenters. The Morgan fingerprint density at radius 2 is 1.62 bits per heavy atom. The number of nitrogens with zero attached hydrogens (tertiary/aromatic N) is 1. The standard InChI is InChI=1S/C25H26N2O2/c1-4-23(22-13-11-21(12-14-22)20-8-6-5-7-9-20)26-27-25(28)17-29-24-15-10-18(2)16-19(24)3/h5-16H,4,17H2,1-3H3,(H,27,28)/b26-23-. The Bertz CT molecular complexity index is 993. The lowest BCUT2D eigenvalue weighted by molar-refractivity contribution is -0.123. The first-order valence-corrected chi connectivity index (χ1v) is 9.78. The fraction of sp³-hybridized carbons (Fsp3) is 0.200. The fourth-order valence-electron chi connectivity index (χ4n) is 3.10. The van der Waals surface area contributed by atoms with Crippen molar-refractivity contribution in [2.45, 2.75) is 27.2 Å². The maximum absolute atomic E-state index is 12.1. The molecule has 4 heteroatoms. The Balaban J connectivity index is 1.61. The number of hydrazone groups is 1. The van der Waals surface area contributed by atoms with Gasteiger partial charge in [-0.3, -0.25) is 4.79 Å². The van der Waals surface area contributed by atoms with Crippen LogP contribution in [0.25, 0.3) is 11.1 Å². The molecule has 3 aromatic carbocycles. The van der Waals surface area contributed by atoms with Crippen LogP contribution in [0.2, 0.25) is 0 Å². The van der Waals surface area contributed by atoms with Crippen LogP contribution in [-0.2, 0) is 4.79 Å². The van der Waals surface area contributed by atoms with Crippen molar-refractivity contribution in [3.05, 3.63) is 89.5 Å². The van der Waals surface area contributed by atoms with Gasteiger partial charge in [0.2, 0.25) is 0 Å². The van der Waals surface area contributed by atoms with Gasteiger partial charge in [-0.2, -0.15) is 5.10 Å². The number of rotatable bonds is 7. The number of carbonyl (C=O) groups is 1. The SMILES string of the molecule is CC/C(=N/NC(=O)COc1ccc(C)cc1C)c1ccc(-c2ccccc2)cc1. The Morgan fingerprint density at radius 1 is 0.931 bits per heavy atom. The molecule has 0 spiro atoms. The van der Waals surface area contributed by atoms with Crippen LogP contribution in [0.1, 0.15) is 30.0 Å². The molecule has 4 nitrogen and oxygen atoms in total. The monoisotopic (exact) mass is 386 g/mol. The van der Waals surface area contributed by atoms with Crippen molar-refractivity contribution in [1.29, 1.82) is 0 Å². The average molecular weight is 386 g/mol. The predicted octanol–water partition coefficient (Wildman–Crippen LogP) is 5.28. The molecule has 1 amide bonds. The highest BCUT2D eigenvalue weighted by Gasteiger charge is 2.07. The molecule has 3 rings (SSSR count). The van der Waals surface area contributed by atoms with E-state index in [-0.39, 0.29) is 12.5 Å². The van der Waals surface area contributed by atoms with Gasteiger partial charge in [0.1, 0.15) is 5.75 Å². The summed E-state index contributed by atoms with van der Waals surface area (Å²) in [5.41, 5.74) is 8.91. The molecule has 0 aliphatic rings. The minimum atomic E-state index is -0.281. The Kier molecular flexibility index (Phi) is 6.80. The fourth-order valence-corrected chi connectivity index (χ4v) is 3.10. The van der Waals surface area contributed by atoms with Gasteiger partial charge in [0.25, 0.3) is 5.91 Å². The van der Waals surface area contributed by atoms with E-state index in [1.54, 1.807) is 0 Å². The second-order valence-electron chi connectivity index (χ2n) is 6.95. The van der Waals surface area contributed by atoms with Crippen molar-refractivity contribution in [2.75, 3.05) is 6.61 Å². The highest BCUT2D eigenvalue weighted by atomic mass is 16.5. The van der Waals surface area contributed by atoms with Crippen LogP contribution in [-0.4, -0.2) is 18.2 Å². The largest absolute Gasteiger partial charge is 0.483 e. The van der Waals surface area contributed by atoms with E-state index in [1.165, 1.54) is 5.56 Å². The molecule has 0 heterocycles. The second-order valence-corrected chi connectivity index (χ2v) is 6.95. The van der Waals surface area contributed by atoms with E-state index in [9.17, 15) is 4.79 Å². The zero-order chi connectivity index (χ0) is 20.6. The summed E-state index contributed by atoms with van der Waals surface area (Å²) in [5.74, 6) is 0.429. The lowest BCUT2D eigenvalue weighted by Gasteiger charge is -2.10. The molecule has 0 aliphatic heterocycles. The quantitative estimate of drug-likeness (QED) is 0.444. The summed E-state index contributed by atoms with van der Waals surface area (Å²) in [6.45, 7) is 5.93. The molecular formula is C25H26N2O2. The van der Waals surface area contributed by atoms with Gasteiger partial charge in [-0.25, -0.2) is 5.43 Å². The number of hydrogen-bond donors (Lipinski definition) is 1. The van der Waals surface area contributed by atoms with Crippen LogP contribution < -0.4 is 10.2 Å². The van der Waals surface area contributed by atoms with Crippen LogP contribution in [0.3, 0.4) is 0 Å². The van der Waals surface area contributed by atoms with E-state index in [0.717, 1.165) is 28.0 Å². The van der Waals surface area contributed by atoms with E-state index in [2.05, 4.69) is 34.8 Å². The van der Waals surface area contributed by atoms with Crippen molar-refractivity contribution >= 4 is 11.6 Å². The minimum absolute atomic E-state index is 0.0721. The first-order valence-electron chi connectivity index (χ1n) is 9.78. The van der Waals surface area contributed by atoms with Crippen LogP contribution in [0.15, 0.2) is 77.9 Å². The summed E-state index contributed by atoms with van der Waals surface area (Å²) in [6.07, 6.45) is 0.711. The molecule has 0 bridgehead atoms. The molecule has 0 fully saturated rings. The van der Waals surface area contributed by atoms with Crippen molar-refractivity contribution < 1.29 is 9.53 Å². The lowest BCUT2D eigenvalue weighted by Crippen LogP contribution is -2.26. The van der Waals surface area contributed by atoms with Crippen LogP contribution in [0.5, 0.6) is 5.75 Å². The van der Waals surface area contributed by atoms with E-state index in [4.69, 9.17) is 4.74 Å². The summed E-state index contributed by atoms with van der Waals surface area (Å²) in [6, 6.07) is 24.3. The topological polar surface area (TPSA) is 50.7 Å². The maximum atomic E-state index is 12.1. The summed E-state index contributed by atoms with van der Waals surface area (Å²) in [5, 5.41) is 4.30. The van der Waals surface area contributed by atoms with E-state index < -0.39 is 0 Å². The molecule has 0 aromatic heterocycles. The number of aryl methyl sites for hydroxylation is 2. The van der Waals surface area contributed by atoms with Crippen molar-refractivity contribution in [3.8, 4) is 16.9 Å². The van der Waals surface area contributed by atoms with Crippen LogP contribution in [0.4, 0.5) is 0 Å². The number of nitrogens with one attached hydrogen (secondary N) is 1. The highest BCUT2D eigenvalue weighted by molar-refractivity contribution is 6.01. The third kappa shape index (κ3) is 5.55. The third-order valence-electron chi connectivity index (χ3n) is 4.66. The molecular weight excluding hydrogens is 360 g/mol. The van der Waals surface area contributed by atoms with Gasteiger partial charge in [0, 0.05) is 0 Å².